The lowest BCUT2D eigenvalue weighted by Gasteiger charge is -2.11. The monoisotopic (exact) mass is 336 g/mol. The fourth-order valence-electron chi connectivity index (χ4n) is 3.20. The number of nitrogens with one attached hydrogen (secondary N) is 1. The minimum absolute atomic E-state index is 0.868. The highest BCUT2D eigenvalue weighted by Gasteiger charge is 2.21. The van der Waals surface area contributed by atoms with Gasteiger partial charge in [-0.1, -0.05) is 49.8 Å². The Labute approximate surface area is 148 Å². The maximum atomic E-state index is 9.66. The van der Waals surface area contributed by atoms with Crippen LogP contribution in [0.4, 0.5) is 5.00 Å². The van der Waals surface area contributed by atoms with Gasteiger partial charge in [0, 0.05) is 10.6 Å². The molecule has 1 heterocycles. The van der Waals surface area contributed by atoms with Crippen LogP contribution in [0.25, 0.3) is 5.70 Å². The zero-order valence-corrected chi connectivity index (χ0v) is 15.1. The second kappa shape index (κ2) is 8.17. The normalized spacial score (nSPS) is 14.1. The van der Waals surface area contributed by atoms with Gasteiger partial charge in [0.2, 0.25) is 0 Å². The minimum atomic E-state index is 0.868. The van der Waals surface area contributed by atoms with Gasteiger partial charge < -0.3 is 5.32 Å². The van der Waals surface area contributed by atoms with Gasteiger partial charge in [-0.05, 0) is 49.7 Å². The highest BCUT2D eigenvalue weighted by atomic mass is 32.1. The van der Waals surface area contributed by atoms with Gasteiger partial charge in [-0.3, -0.25) is 0 Å². The smallest absolute Gasteiger partial charge is 0.111 e. The summed E-state index contributed by atoms with van der Waals surface area (Å²) < 4.78 is 0. The largest absolute Gasteiger partial charge is 0.346 e. The predicted octanol–water partition coefficient (Wildman–Crippen LogP) is 6.14. The molecule has 1 N–H and O–H groups in total. The summed E-state index contributed by atoms with van der Waals surface area (Å²) in [5, 5.41) is 14.3. The maximum Gasteiger partial charge on any atom is 0.111 e. The van der Waals surface area contributed by atoms with E-state index >= 15 is 0 Å². The first kappa shape index (κ1) is 16.8. The van der Waals surface area contributed by atoms with Crippen LogP contribution in [0.3, 0.4) is 0 Å². The molecule has 0 bridgehead atoms. The van der Waals surface area contributed by atoms with Crippen molar-refractivity contribution in [1.29, 1.82) is 5.26 Å². The van der Waals surface area contributed by atoms with Crippen molar-refractivity contribution in [3.8, 4) is 6.07 Å². The molecule has 124 valence electrons. The molecule has 0 atom stereocenters. The second-order valence-corrected chi connectivity index (χ2v) is 7.38. The average molecular weight is 337 g/mol. The van der Waals surface area contributed by atoms with E-state index in [4.69, 9.17) is 0 Å². The minimum Gasteiger partial charge on any atom is -0.346 e. The van der Waals surface area contributed by atoms with E-state index in [2.05, 4.69) is 48.7 Å². The number of nitrogens with zero attached hydrogens (tertiary/aromatic N) is 1. The van der Waals surface area contributed by atoms with Crippen molar-refractivity contribution in [2.75, 3.05) is 5.32 Å². The first-order valence-electron chi connectivity index (χ1n) is 8.90. The molecule has 1 aromatic heterocycles. The standard InChI is InChI=1S/C21H24N2S/c1-2-3-5-13-19(16-10-6-4-7-11-16)23-21-18(15-22)17-12-8-9-14-20(17)24-21/h4,6-7,10-11,13,23H,2-3,5,8-9,12,14H2,1H3/b19-13-. The number of rotatable bonds is 6. The zero-order chi connectivity index (χ0) is 16.8. The predicted molar refractivity (Wildman–Crippen MR) is 103 cm³/mol. The van der Waals surface area contributed by atoms with Crippen molar-refractivity contribution in [3.63, 3.8) is 0 Å². The van der Waals surface area contributed by atoms with Gasteiger partial charge >= 0.3 is 0 Å². The third-order valence-electron chi connectivity index (χ3n) is 4.52. The lowest BCUT2D eigenvalue weighted by atomic mass is 9.96. The number of aryl methyl sites for hydroxylation is 1. The van der Waals surface area contributed by atoms with E-state index in [0.29, 0.717) is 0 Å². The lowest BCUT2D eigenvalue weighted by Crippen LogP contribution is -2.01. The van der Waals surface area contributed by atoms with Crippen LogP contribution >= 0.6 is 11.3 Å². The molecule has 24 heavy (non-hydrogen) atoms. The van der Waals surface area contributed by atoms with E-state index in [1.54, 1.807) is 11.3 Å². The Balaban J connectivity index is 1.92. The Bertz CT molecular complexity index is 750. The lowest BCUT2D eigenvalue weighted by molar-refractivity contribution is 0.696. The third kappa shape index (κ3) is 3.71. The summed E-state index contributed by atoms with van der Waals surface area (Å²) in [5.74, 6) is 0. The van der Waals surface area contributed by atoms with Crippen molar-refractivity contribution < 1.29 is 0 Å². The van der Waals surface area contributed by atoms with Crippen LogP contribution in [0.15, 0.2) is 36.4 Å². The molecule has 0 amide bonds. The number of hydrogen-bond donors (Lipinski definition) is 1. The molecular formula is C21H24N2S. The molecule has 0 saturated carbocycles. The Kier molecular flexibility index (Phi) is 5.72. The van der Waals surface area contributed by atoms with Gasteiger partial charge in [0.1, 0.15) is 11.1 Å². The molecule has 0 radical (unpaired) electrons. The van der Waals surface area contributed by atoms with E-state index < -0.39 is 0 Å². The van der Waals surface area contributed by atoms with E-state index in [9.17, 15) is 5.26 Å². The van der Waals surface area contributed by atoms with Crippen LogP contribution in [-0.4, -0.2) is 0 Å². The van der Waals surface area contributed by atoms with Crippen molar-refractivity contribution in [1.82, 2.24) is 0 Å². The number of nitriles is 1. The van der Waals surface area contributed by atoms with Crippen molar-refractivity contribution in [3.05, 3.63) is 58.0 Å². The molecule has 1 aliphatic carbocycles. The van der Waals surface area contributed by atoms with E-state index in [1.807, 2.05) is 6.07 Å². The number of benzene rings is 1. The summed E-state index contributed by atoms with van der Waals surface area (Å²) in [6.07, 6.45) is 10.3. The van der Waals surface area contributed by atoms with Gasteiger partial charge in [-0.2, -0.15) is 5.26 Å². The Morgan fingerprint density at radius 1 is 1.25 bits per heavy atom. The molecule has 3 rings (SSSR count). The van der Waals surface area contributed by atoms with Crippen LogP contribution in [0, 0.1) is 11.3 Å². The molecule has 0 aliphatic heterocycles. The summed E-state index contributed by atoms with van der Waals surface area (Å²) in [4.78, 5) is 1.40. The van der Waals surface area contributed by atoms with Gasteiger partial charge in [-0.15, -0.1) is 11.3 Å². The molecule has 3 heteroatoms. The number of unbranched alkanes of at least 4 members (excludes halogenated alkanes) is 2. The molecule has 1 aliphatic rings. The van der Waals surface area contributed by atoms with Crippen LogP contribution in [0.1, 0.15) is 60.6 Å². The fraction of sp³-hybridized carbons (Fsp3) is 0.381. The average Bonchev–Trinajstić information content (AvgIpc) is 2.99. The van der Waals surface area contributed by atoms with Crippen molar-refractivity contribution in [2.24, 2.45) is 0 Å². The van der Waals surface area contributed by atoms with Crippen LogP contribution < -0.4 is 5.32 Å². The van der Waals surface area contributed by atoms with Gasteiger partial charge in [0.05, 0.1) is 5.56 Å². The summed E-state index contributed by atoms with van der Waals surface area (Å²) in [7, 11) is 0. The molecule has 0 fully saturated rings. The molecule has 0 spiro atoms. The third-order valence-corrected chi connectivity index (χ3v) is 5.73. The van der Waals surface area contributed by atoms with Gasteiger partial charge in [0.25, 0.3) is 0 Å². The summed E-state index contributed by atoms with van der Waals surface area (Å²) in [6, 6.07) is 12.9. The fourth-order valence-corrected chi connectivity index (χ4v) is 4.46. The number of fused-ring (bicyclic) bond motifs is 1. The molecule has 2 aromatic rings. The SMILES string of the molecule is CCCC/C=C(\Nc1sc2c(c1C#N)CCCC2)c1ccccc1. The quantitative estimate of drug-likeness (QED) is 0.643. The molecule has 0 saturated heterocycles. The molecule has 1 aromatic carbocycles. The number of thiophene rings is 1. The topological polar surface area (TPSA) is 35.8 Å². The summed E-state index contributed by atoms with van der Waals surface area (Å²) in [6.45, 7) is 2.21. The number of hydrogen-bond acceptors (Lipinski definition) is 3. The Morgan fingerprint density at radius 3 is 2.79 bits per heavy atom. The van der Waals surface area contributed by atoms with Gasteiger partial charge in [0.15, 0.2) is 0 Å². The number of anilines is 1. The van der Waals surface area contributed by atoms with Crippen LogP contribution in [-0.2, 0) is 12.8 Å². The van der Waals surface area contributed by atoms with E-state index in [-0.39, 0.29) is 0 Å². The highest BCUT2D eigenvalue weighted by Crippen LogP contribution is 2.39. The maximum absolute atomic E-state index is 9.66. The van der Waals surface area contributed by atoms with E-state index in [0.717, 1.165) is 35.5 Å². The first-order chi connectivity index (χ1) is 11.8. The summed E-state index contributed by atoms with van der Waals surface area (Å²) in [5.41, 5.74) is 4.47. The van der Waals surface area contributed by atoms with Crippen LogP contribution in [0.2, 0.25) is 0 Å². The zero-order valence-electron chi connectivity index (χ0n) is 14.3. The summed E-state index contributed by atoms with van der Waals surface area (Å²) >= 11 is 1.77. The highest BCUT2D eigenvalue weighted by molar-refractivity contribution is 7.16. The second-order valence-electron chi connectivity index (χ2n) is 6.28. The number of allylic oxidation sites excluding steroid dienone is 1. The van der Waals surface area contributed by atoms with Crippen LogP contribution in [0.5, 0.6) is 0 Å². The van der Waals surface area contributed by atoms with Gasteiger partial charge in [-0.25, -0.2) is 0 Å². The Hall–Kier alpha value is -2.05. The van der Waals surface area contributed by atoms with Crippen molar-refractivity contribution >= 4 is 22.0 Å². The Morgan fingerprint density at radius 2 is 2.04 bits per heavy atom. The molecular weight excluding hydrogens is 312 g/mol. The van der Waals surface area contributed by atoms with E-state index in [1.165, 1.54) is 41.7 Å². The molecule has 2 nitrogen and oxygen atoms in total. The molecule has 0 unspecified atom stereocenters. The van der Waals surface area contributed by atoms with Crippen molar-refractivity contribution in [2.45, 2.75) is 51.9 Å². The first-order valence-corrected chi connectivity index (χ1v) is 9.72.